The van der Waals surface area contributed by atoms with Crippen molar-refractivity contribution in [3.8, 4) is 0 Å². The Morgan fingerprint density at radius 1 is 1.38 bits per heavy atom. The fourth-order valence-electron chi connectivity index (χ4n) is 2.13. The van der Waals surface area contributed by atoms with E-state index in [4.69, 9.17) is 11.1 Å². The van der Waals surface area contributed by atoms with E-state index in [9.17, 15) is 0 Å². The molecule has 2 heterocycles. The van der Waals surface area contributed by atoms with Crippen molar-refractivity contribution < 1.29 is 0 Å². The Kier molecular flexibility index (Phi) is 3.81. The number of amidine groups is 1. The van der Waals surface area contributed by atoms with Crippen molar-refractivity contribution in [1.29, 1.82) is 5.41 Å². The fraction of sp³-hybridized carbons (Fsp3) is 0.0667. The van der Waals surface area contributed by atoms with Crippen LogP contribution in [0.1, 0.15) is 4.88 Å². The van der Waals surface area contributed by atoms with E-state index >= 15 is 0 Å². The number of hydrogen-bond acceptors (Lipinski definition) is 5. The second-order valence-electron chi connectivity index (χ2n) is 4.46. The maximum atomic E-state index is 7.62. The number of hydrogen-bond donors (Lipinski definition) is 3. The number of thiophene rings is 1. The number of anilines is 2. The number of pyridine rings is 1. The molecule has 0 amide bonds. The van der Waals surface area contributed by atoms with Gasteiger partial charge in [-0.1, -0.05) is 6.07 Å². The maximum absolute atomic E-state index is 7.62. The van der Waals surface area contributed by atoms with E-state index in [1.165, 1.54) is 11.3 Å². The molecule has 3 aromatic rings. The molecule has 0 aliphatic carbocycles. The molecule has 0 aliphatic heterocycles. The molecule has 0 unspecified atom stereocenters. The summed E-state index contributed by atoms with van der Waals surface area (Å²) < 4.78 is 0. The molecule has 106 valence electrons. The van der Waals surface area contributed by atoms with Crippen LogP contribution in [0.15, 0.2) is 46.8 Å². The Balaban J connectivity index is 1.96. The van der Waals surface area contributed by atoms with Gasteiger partial charge in [0, 0.05) is 22.7 Å². The lowest BCUT2D eigenvalue weighted by atomic mass is 10.2. The molecule has 0 spiro atoms. The van der Waals surface area contributed by atoms with Crippen molar-refractivity contribution in [2.75, 3.05) is 11.6 Å². The Labute approximate surface area is 130 Å². The van der Waals surface area contributed by atoms with Gasteiger partial charge in [-0.15, -0.1) is 23.1 Å². The number of fused-ring (bicyclic) bond motifs is 1. The number of benzene rings is 1. The molecule has 3 rings (SSSR count). The largest absolute Gasteiger partial charge is 0.383 e. The molecule has 0 atom stereocenters. The highest BCUT2D eigenvalue weighted by atomic mass is 32.2. The lowest BCUT2D eigenvalue weighted by Gasteiger charge is -2.08. The van der Waals surface area contributed by atoms with Gasteiger partial charge in [-0.3, -0.25) is 10.4 Å². The first kappa shape index (κ1) is 13.9. The monoisotopic (exact) mass is 314 g/mol. The van der Waals surface area contributed by atoms with Crippen LogP contribution in [-0.2, 0) is 0 Å². The Morgan fingerprint density at radius 3 is 3.00 bits per heavy atom. The third-order valence-electron chi connectivity index (χ3n) is 3.08. The highest BCUT2D eigenvalue weighted by Gasteiger charge is 2.13. The van der Waals surface area contributed by atoms with Crippen molar-refractivity contribution in [2.24, 2.45) is 5.73 Å². The van der Waals surface area contributed by atoms with Crippen LogP contribution in [0.3, 0.4) is 0 Å². The summed E-state index contributed by atoms with van der Waals surface area (Å²) in [5, 5.41) is 14.1. The van der Waals surface area contributed by atoms with E-state index in [0.717, 1.165) is 32.1 Å². The smallest absolute Gasteiger partial charge is 0.134 e. The number of aromatic nitrogens is 1. The molecule has 4 N–H and O–H groups in total. The topological polar surface area (TPSA) is 74.8 Å². The highest BCUT2D eigenvalue weighted by molar-refractivity contribution is 7.99. The summed E-state index contributed by atoms with van der Waals surface area (Å²) in [7, 11) is 0. The van der Waals surface area contributed by atoms with Gasteiger partial charge in [-0.2, -0.15) is 0 Å². The fourth-order valence-corrected chi connectivity index (χ4v) is 3.98. The first-order chi connectivity index (χ1) is 10.2. The third kappa shape index (κ3) is 2.72. The van der Waals surface area contributed by atoms with Gasteiger partial charge in [-0.25, -0.2) is 0 Å². The highest BCUT2D eigenvalue weighted by Crippen LogP contribution is 2.36. The van der Waals surface area contributed by atoms with Gasteiger partial charge in [0.2, 0.25) is 0 Å². The van der Waals surface area contributed by atoms with Crippen LogP contribution in [0.4, 0.5) is 11.4 Å². The van der Waals surface area contributed by atoms with Crippen LogP contribution < -0.4 is 11.1 Å². The normalized spacial score (nSPS) is 10.7. The van der Waals surface area contributed by atoms with E-state index < -0.39 is 0 Å². The number of rotatable bonds is 4. The predicted molar refractivity (Wildman–Crippen MR) is 92.1 cm³/mol. The van der Waals surface area contributed by atoms with Crippen LogP contribution in [0.5, 0.6) is 0 Å². The Hall–Kier alpha value is -2.05. The molecule has 4 nitrogen and oxygen atoms in total. The summed E-state index contributed by atoms with van der Waals surface area (Å²) in [5.74, 6) is 0.111. The zero-order chi connectivity index (χ0) is 14.8. The lowest BCUT2D eigenvalue weighted by Crippen LogP contribution is -2.10. The molecule has 2 aromatic heterocycles. The van der Waals surface area contributed by atoms with Gasteiger partial charge in [0.05, 0.1) is 21.0 Å². The zero-order valence-electron chi connectivity index (χ0n) is 11.4. The second kappa shape index (κ2) is 5.75. The van der Waals surface area contributed by atoms with Gasteiger partial charge < -0.3 is 11.1 Å². The number of nitrogens with zero attached hydrogens (tertiary/aromatic N) is 1. The average Bonchev–Trinajstić information content (AvgIpc) is 2.90. The Bertz CT molecular complexity index is 810. The van der Waals surface area contributed by atoms with Crippen molar-refractivity contribution in [3.63, 3.8) is 0 Å². The summed E-state index contributed by atoms with van der Waals surface area (Å²) in [6.45, 7) is 0. The van der Waals surface area contributed by atoms with E-state index in [-0.39, 0.29) is 5.84 Å². The molecule has 0 saturated carbocycles. The molecule has 0 radical (unpaired) electrons. The van der Waals surface area contributed by atoms with Gasteiger partial charge in [0.1, 0.15) is 5.84 Å². The van der Waals surface area contributed by atoms with Gasteiger partial charge in [0.15, 0.2) is 0 Å². The summed E-state index contributed by atoms with van der Waals surface area (Å²) >= 11 is 3.08. The molecule has 1 aromatic carbocycles. The van der Waals surface area contributed by atoms with Gasteiger partial charge in [0.25, 0.3) is 0 Å². The predicted octanol–water partition coefficient (Wildman–Crippen LogP) is 4.05. The number of nitrogen functional groups attached to an aromatic ring is 1. The van der Waals surface area contributed by atoms with Crippen molar-refractivity contribution in [3.05, 3.63) is 46.8 Å². The minimum absolute atomic E-state index is 0.111. The molecular formula is C15H14N4S2. The zero-order valence-corrected chi connectivity index (χ0v) is 13.0. The molecule has 6 heteroatoms. The first-order valence-corrected chi connectivity index (χ1v) is 8.41. The minimum Gasteiger partial charge on any atom is -0.383 e. The van der Waals surface area contributed by atoms with Gasteiger partial charge >= 0.3 is 0 Å². The van der Waals surface area contributed by atoms with Crippen LogP contribution in [0, 0.1) is 5.41 Å². The van der Waals surface area contributed by atoms with Crippen molar-refractivity contribution in [1.82, 2.24) is 4.98 Å². The SMILES string of the molecule is CSc1c(Nc2ccc3ncccc3c2)csc1C(=N)N. The number of thioether (sulfide) groups is 1. The van der Waals surface area contributed by atoms with Crippen LogP contribution in [0.25, 0.3) is 10.9 Å². The first-order valence-electron chi connectivity index (χ1n) is 6.30. The number of nitrogens with two attached hydrogens (primary N) is 1. The van der Waals surface area contributed by atoms with Crippen LogP contribution in [-0.4, -0.2) is 17.1 Å². The van der Waals surface area contributed by atoms with E-state index in [0.29, 0.717) is 0 Å². The summed E-state index contributed by atoms with van der Waals surface area (Å²) in [5.41, 5.74) is 8.58. The molecule has 0 saturated heterocycles. The standard InChI is InChI=1S/C15H14N4S2/c1-20-13-12(8-21-14(13)15(16)17)19-10-4-5-11-9(7-10)3-2-6-18-11/h2-8,19H,1H3,(H3,16,17). The molecule has 21 heavy (non-hydrogen) atoms. The molecule has 0 bridgehead atoms. The Morgan fingerprint density at radius 2 is 2.24 bits per heavy atom. The quantitative estimate of drug-likeness (QED) is 0.386. The average molecular weight is 314 g/mol. The molecular weight excluding hydrogens is 300 g/mol. The molecule has 0 fully saturated rings. The van der Waals surface area contributed by atoms with Crippen LogP contribution in [0.2, 0.25) is 0 Å². The number of nitrogens with one attached hydrogen (secondary N) is 2. The summed E-state index contributed by atoms with van der Waals surface area (Å²) in [4.78, 5) is 6.14. The second-order valence-corrected chi connectivity index (χ2v) is 6.16. The third-order valence-corrected chi connectivity index (χ3v) is 5.05. The lowest BCUT2D eigenvalue weighted by molar-refractivity contribution is 1.39. The van der Waals surface area contributed by atoms with E-state index in [2.05, 4.69) is 16.4 Å². The minimum atomic E-state index is 0.111. The molecule has 0 aliphatic rings. The van der Waals surface area contributed by atoms with E-state index in [1.807, 2.05) is 35.9 Å². The van der Waals surface area contributed by atoms with Gasteiger partial charge in [-0.05, 0) is 30.5 Å². The summed E-state index contributed by atoms with van der Waals surface area (Å²) in [6, 6.07) is 10.0. The maximum Gasteiger partial charge on any atom is 0.134 e. The van der Waals surface area contributed by atoms with Crippen LogP contribution >= 0.6 is 23.1 Å². The van der Waals surface area contributed by atoms with E-state index in [1.54, 1.807) is 18.0 Å². The summed E-state index contributed by atoms with van der Waals surface area (Å²) in [6.07, 6.45) is 3.78. The van der Waals surface area contributed by atoms with Crippen molar-refractivity contribution in [2.45, 2.75) is 4.90 Å². The van der Waals surface area contributed by atoms with Crippen molar-refractivity contribution >= 4 is 51.2 Å².